The molecule has 0 amide bonds. The lowest BCUT2D eigenvalue weighted by Gasteiger charge is -2.20. The van der Waals surface area contributed by atoms with E-state index in [1.807, 2.05) is 0 Å². The number of fused-ring (bicyclic) bond motifs is 1. The molecule has 4 rings (SSSR count). The van der Waals surface area contributed by atoms with Gasteiger partial charge in [-0.3, -0.25) is 18.7 Å². The van der Waals surface area contributed by atoms with Crippen LogP contribution in [0.4, 0.5) is 17.6 Å². The Morgan fingerprint density at radius 1 is 1.11 bits per heavy atom. The third-order valence-electron chi connectivity index (χ3n) is 5.83. The second-order valence-corrected chi connectivity index (χ2v) is 9.70. The number of aryl methyl sites for hydroxylation is 2. The molecule has 0 unspecified atom stereocenters. The maximum absolute atomic E-state index is 15.1. The van der Waals surface area contributed by atoms with Crippen molar-refractivity contribution in [2.24, 2.45) is 7.05 Å². The predicted molar refractivity (Wildman–Crippen MR) is 117 cm³/mol. The summed E-state index contributed by atoms with van der Waals surface area (Å²) in [7, 11) is -5.17. The van der Waals surface area contributed by atoms with Gasteiger partial charge in [-0.2, -0.15) is 21.6 Å². The Hall–Kier alpha value is -3.42. The number of hydrogen-bond donors (Lipinski definition) is 0. The first kappa shape index (κ1) is 24.7. The molecule has 0 N–H and O–H groups in total. The van der Waals surface area contributed by atoms with Crippen LogP contribution in [-0.2, 0) is 23.6 Å². The average Bonchev–Trinajstić information content (AvgIpc) is 3.60. The molecule has 0 atom stereocenters. The molecule has 1 aliphatic rings. The molecular formula is C21H19F4N3O6S. The fourth-order valence-electron chi connectivity index (χ4n) is 3.85. The zero-order valence-corrected chi connectivity index (χ0v) is 19.5. The molecule has 0 aliphatic heterocycles. The Bertz CT molecular complexity index is 1660. The van der Waals surface area contributed by atoms with Gasteiger partial charge < -0.3 is 4.18 Å². The third kappa shape index (κ3) is 3.85. The normalized spacial score (nSPS) is 14.5. The first-order valence-electron chi connectivity index (χ1n) is 10.4. The minimum absolute atomic E-state index is 0.380. The lowest BCUT2D eigenvalue weighted by Crippen LogP contribution is -2.42. The monoisotopic (exact) mass is 517 g/mol. The number of nitrogens with zero attached hydrogens (tertiary/aromatic N) is 3. The maximum atomic E-state index is 15.1. The smallest absolute Gasteiger partial charge is 0.375 e. The van der Waals surface area contributed by atoms with E-state index in [1.165, 1.54) is 12.1 Å². The molecule has 9 nitrogen and oxygen atoms in total. The third-order valence-corrected chi connectivity index (χ3v) is 6.78. The minimum atomic E-state index is -6.29. The summed E-state index contributed by atoms with van der Waals surface area (Å²) in [6, 6.07) is 3.24. The molecule has 0 saturated heterocycles. The fraction of sp³-hybridized carbons (Fsp3) is 0.381. The van der Waals surface area contributed by atoms with Crippen molar-refractivity contribution in [1.82, 2.24) is 13.7 Å². The zero-order valence-electron chi connectivity index (χ0n) is 18.6. The van der Waals surface area contributed by atoms with Gasteiger partial charge in [-0.1, -0.05) is 13.0 Å². The lowest BCUT2D eigenvalue weighted by atomic mass is 10.1. The van der Waals surface area contributed by atoms with Gasteiger partial charge in [-0.05, 0) is 43.9 Å². The first-order chi connectivity index (χ1) is 16.2. The molecular weight excluding hydrogens is 498 g/mol. The van der Waals surface area contributed by atoms with Crippen molar-refractivity contribution in [3.8, 4) is 11.4 Å². The van der Waals surface area contributed by atoms with Crippen LogP contribution in [0.1, 0.15) is 36.9 Å². The van der Waals surface area contributed by atoms with Gasteiger partial charge in [0.15, 0.2) is 5.75 Å². The highest BCUT2D eigenvalue weighted by Crippen LogP contribution is 2.35. The summed E-state index contributed by atoms with van der Waals surface area (Å²) in [4.78, 5) is 39.6. The number of rotatable bonds is 5. The summed E-state index contributed by atoms with van der Waals surface area (Å²) in [5.41, 5.74) is -10.1. The summed E-state index contributed by atoms with van der Waals surface area (Å²) >= 11 is 0. The van der Waals surface area contributed by atoms with Crippen molar-refractivity contribution in [3.05, 3.63) is 66.3 Å². The van der Waals surface area contributed by atoms with E-state index >= 15 is 4.39 Å². The number of alkyl halides is 3. The topological polar surface area (TPSA) is 109 Å². The van der Waals surface area contributed by atoms with Crippen LogP contribution in [-0.4, -0.2) is 27.6 Å². The highest BCUT2D eigenvalue weighted by atomic mass is 32.2. The van der Waals surface area contributed by atoms with Crippen LogP contribution < -0.4 is 21.0 Å². The number of hydrogen-bond acceptors (Lipinski definition) is 6. The molecule has 0 bridgehead atoms. The number of benzene rings is 1. The molecule has 1 aliphatic carbocycles. The van der Waals surface area contributed by atoms with Crippen molar-refractivity contribution in [2.75, 3.05) is 0 Å². The van der Waals surface area contributed by atoms with Crippen LogP contribution in [0.25, 0.3) is 16.7 Å². The van der Waals surface area contributed by atoms with Crippen LogP contribution in [0.15, 0.2) is 32.6 Å². The van der Waals surface area contributed by atoms with Crippen molar-refractivity contribution in [2.45, 2.75) is 44.7 Å². The molecule has 2 heterocycles. The molecule has 0 spiro atoms. The van der Waals surface area contributed by atoms with E-state index in [4.69, 9.17) is 0 Å². The van der Waals surface area contributed by atoms with E-state index in [0.29, 0.717) is 34.0 Å². The van der Waals surface area contributed by atoms with Crippen molar-refractivity contribution < 1.29 is 30.2 Å². The van der Waals surface area contributed by atoms with Gasteiger partial charge in [0.2, 0.25) is 0 Å². The molecule has 35 heavy (non-hydrogen) atoms. The van der Waals surface area contributed by atoms with Gasteiger partial charge >= 0.3 is 21.3 Å². The van der Waals surface area contributed by atoms with Gasteiger partial charge in [-0.25, -0.2) is 13.8 Å². The standard InChI is InChI=1S/C21H19F4N3O6S/c1-4-11-5-8-14(13(22)9-11)28-17-15(19(30)27(20(28)31)12-6-7-12)16(10(2)18(29)26(17)3)34-35(32,33)21(23,24)25/h5,8-9,12H,4,6-7H2,1-3H3. The van der Waals surface area contributed by atoms with Gasteiger partial charge in [0.25, 0.3) is 11.1 Å². The quantitative estimate of drug-likeness (QED) is 0.292. The van der Waals surface area contributed by atoms with E-state index in [2.05, 4.69) is 4.18 Å². The average molecular weight is 517 g/mol. The summed E-state index contributed by atoms with van der Waals surface area (Å²) < 4.78 is 84.5. The van der Waals surface area contributed by atoms with E-state index < -0.39 is 66.6 Å². The van der Waals surface area contributed by atoms with Crippen molar-refractivity contribution >= 4 is 21.2 Å². The summed E-state index contributed by atoms with van der Waals surface area (Å²) in [5, 5.41) is -0.775. The first-order valence-corrected chi connectivity index (χ1v) is 11.8. The second kappa shape index (κ2) is 8.07. The molecule has 1 saturated carbocycles. The molecule has 1 aromatic carbocycles. The highest BCUT2D eigenvalue weighted by molar-refractivity contribution is 7.88. The fourth-order valence-corrected chi connectivity index (χ4v) is 4.37. The van der Waals surface area contributed by atoms with Gasteiger partial charge in [0, 0.05) is 13.1 Å². The van der Waals surface area contributed by atoms with Crippen molar-refractivity contribution in [3.63, 3.8) is 0 Å². The summed E-state index contributed by atoms with van der Waals surface area (Å²) in [5.74, 6) is -2.06. The highest BCUT2D eigenvalue weighted by Gasteiger charge is 2.49. The Morgan fingerprint density at radius 2 is 1.74 bits per heavy atom. The molecule has 0 radical (unpaired) electrons. The van der Waals surface area contributed by atoms with Gasteiger partial charge in [0.1, 0.15) is 16.9 Å². The summed E-state index contributed by atoms with van der Waals surface area (Å²) in [6.45, 7) is 2.75. The summed E-state index contributed by atoms with van der Waals surface area (Å²) in [6.07, 6.45) is 1.23. The van der Waals surface area contributed by atoms with E-state index in [1.54, 1.807) is 6.92 Å². The lowest BCUT2D eigenvalue weighted by molar-refractivity contribution is -0.0499. The zero-order chi connectivity index (χ0) is 26.0. The number of halogens is 4. The predicted octanol–water partition coefficient (Wildman–Crippen LogP) is 2.42. The number of pyridine rings is 1. The van der Waals surface area contributed by atoms with Crippen molar-refractivity contribution in [1.29, 1.82) is 0 Å². The van der Waals surface area contributed by atoms with Gasteiger partial charge in [0.05, 0.1) is 11.3 Å². The maximum Gasteiger partial charge on any atom is 0.534 e. The number of aromatic nitrogens is 3. The molecule has 2 aromatic heterocycles. The van der Waals surface area contributed by atoms with E-state index in [-0.39, 0.29) is 5.69 Å². The van der Waals surface area contributed by atoms with E-state index in [9.17, 15) is 36.0 Å². The molecule has 188 valence electrons. The minimum Gasteiger partial charge on any atom is -0.375 e. The van der Waals surface area contributed by atoms with Crippen LogP contribution in [0.3, 0.4) is 0 Å². The van der Waals surface area contributed by atoms with Crippen LogP contribution in [0.2, 0.25) is 0 Å². The molecule has 14 heteroatoms. The molecule has 3 aromatic rings. The van der Waals surface area contributed by atoms with E-state index in [0.717, 1.165) is 24.6 Å². The largest absolute Gasteiger partial charge is 0.534 e. The van der Waals surface area contributed by atoms with Crippen LogP contribution >= 0.6 is 0 Å². The Labute approximate surface area is 194 Å². The van der Waals surface area contributed by atoms with Gasteiger partial charge in [-0.15, -0.1) is 0 Å². The Kier molecular flexibility index (Phi) is 5.69. The van der Waals surface area contributed by atoms with Crippen LogP contribution in [0.5, 0.6) is 5.75 Å². The Balaban J connectivity index is 2.25. The SMILES string of the molecule is CCc1ccc(-n2c(=O)n(C3CC3)c(=O)c3c(OS(=O)(=O)C(F)(F)F)c(C)c(=O)n(C)c32)c(F)c1. The second-order valence-electron chi connectivity index (χ2n) is 8.16. The van der Waals surface area contributed by atoms with Crippen LogP contribution in [0, 0.1) is 12.7 Å². The molecule has 1 fully saturated rings. The Morgan fingerprint density at radius 3 is 2.26 bits per heavy atom.